The normalized spacial score (nSPS) is 18.6. The van der Waals surface area contributed by atoms with Gasteiger partial charge >= 0.3 is 6.18 Å². The molecule has 7 heteroatoms. The molecule has 1 aromatic heterocycles. The van der Waals surface area contributed by atoms with E-state index in [4.69, 9.17) is 0 Å². The minimum absolute atomic E-state index is 0.0260. The molecule has 0 fully saturated rings. The number of nitrogens with zero attached hydrogens (tertiary/aromatic N) is 2. The third kappa shape index (κ3) is 2.83. The number of rotatable bonds is 2. The minimum atomic E-state index is -4.58. The zero-order chi connectivity index (χ0) is 16.8. The van der Waals surface area contributed by atoms with E-state index < -0.39 is 17.3 Å². The van der Waals surface area contributed by atoms with E-state index in [1.165, 1.54) is 12.1 Å². The molecule has 0 saturated carbocycles. The largest absolute Gasteiger partial charge is 0.417 e. The molecule has 1 N–H and O–H groups in total. The number of aromatic amines is 1. The van der Waals surface area contributed by atoms with Gasteiger partial charge in [-0.3, -0.25) is 9.80 Å². The van der Waals surface area contributed by atoms with Crippen LogP contribution in [0.2, 0.25) is 0 Å². The van der Waals surface area contributed by atoms with E-state index in [9.17, 15) is 18.0 Å². The summed E-state index contributed by atoms with van der Waals surface area (Å²) in [4.78, 5) is 13.9. The van der Waals surface area contributed by atoms with Crippen LogP contribution in [0, 0.1) is 0 Å². The monoisotopic (exact) mass is 323 g/mol. The minimum Gasteiger partial charge on any atom is -0.322 e. The number of alkyl halides is 3. The predicted octanol–water partition coefficient (Wildman–Crippen LogP) is 3.91. The van der Waals surface area contributed by atoms with Gasteiger partial charge in [0.05, 0.1) is 17.3 Å². The molecule has 0 saturated heterocycles. The number of nitrogens with one attached hydrogen (secondary N) is 1. The van der Waals surface area contributed by atoms with Crippen LogP contribution in [-0.4, -0.2) is 16.7 Å². The van der Waals surface area contributed by atoms with E-state index in [1.54, 1.807) is 11.1 Å². The molecule has 1 unspecified atom stereocenters. The van der Waals surface area contributed by atoms with Gasteiger partial charge in [0, 0.05) is 29.1 Å². The topological polar surface area (TPSA) is 48.5 Å². The van der Waals surface area contributed by atoms with Crippen LogP contribution in [0.5, 0.6) is 0 Å². The quantitative estimate of drug-likeness (QED) is 0.911. The van der Waals surface area contributed by atoms with Crippen LogP contribution >= 0.6 is 0 Å². The fourth-order valence-corrected chi connectivity index (χ4v) is 2.87. The Morgan fingerprint density at radius 3 is 2.70 bits per heavy atom. The van der Waals surface area contributed by atoms with Gasteiger partial charge in [0.1, 0.15) is 0 Å². The lowest BCUT2D eigenvalue weighted by atomic mass is 10.1. The van der Waals surface area contributed by atoms with Crippen LogP contribution in [0.3, 0.4) is 0 Å². The van der Waals surface area contributed by atoms with Crippen LogP contribution in [0.4, 0.5) is 18.9 Å². The summed E-state index contributed by atoms with van der Waals surface area (Å²) in [5.41, 5.74) is 0.0873. The van der Waals surface area contributed by atoms with Crippen LogP contribution in [-0.2, 0) is 6.18 Å². The summed E-state index contributed by atoms with van der Waals surface area (Å²) >= 11 is 0. The molecule has 2 aromatic rings. The first-order valence-corrected chi connectivity index (χ1v) is 7.39. The Morgan fingerprint density at radius 1 is 1.35 bits per heavy atom. The van der Waals surface area contributed by atoms with Crippen molar-refractivity contribution in [1.29, 1.82) is 0 Å². The standard InChI is InChI=1S/C16H16F3N3O/c1-3-10-6-9(2)22(21-10)11-4-5-14-12(7-11)13(16(17,18)19)8-15(23)20-14/h4-5,7-9H,3,6H2,1-2H3,(H,20,23). The number of hydrogen-bond acceptors (Lipinski definition) is 3. The SMILES string of the molecule is CCC1=NN(c2ccc3[nH]c(=O)cc(C(F)(F)F)c3c2)C(C)C1. The van der Waals surface area contributed by atoms with Crippen LogP contribution < -0.4 is 10.6 Å². The molecule has 0 bridgehead atoms. The summed E-state index contributed by atoms with van der Waals surface area (Å²) < 4.78 is 39.6. The lowest BCUT2D eigenvalue weighted by Gasteiger charge is -2.21. The van der Waals surface area contributed by atoms with Crippen LogP contribution in [0.25, 0.3) is 10.9 Å². The Bertz CT molecular complexity index is 839. The highest BCUT2D eigenvalue weighted by molar-refractivity contribution is 5.90. The molecule has 4 nitrogen and oxygen atoms in total. The molecule has 0 radical (unpaired) electrons. The van der Waals surface area contributed by atoms with Gasteiger partial charge in [-0.2, -0.15) is 18.3 Å². The molecule has 0 aliphatic carbocycles. The van der Waals surface area contributed by atoms with Crippen molar-refractivity contribution in [2.24, 2.45) is 5.10 Å². The molecule has 0 amide bonds. The fraction of sp³-hybridized carbons (Fsp3) is 0.375. The van der Waals surface area contributed by atoms with Crippen molar-refractivity contribution in [2.75, 3.05) is 5.01 Å². The third-order valence-corrected chi connectivity index (χ3v) is 4.00. The molecular formula is C16H16F3N3O. The Labute approximate surface area is 130 Å². The third-order valence-electron chi connectivity index (χ3n) is 4.00. The highest BCUT2D eigenvalue weighted by Crippen LogP contribution is 2.35. The van der Waals surface area contributed by atoms with Gasteiger partial charge in [-0.25, -0.2) is 0 Å². The molecule has 3 rings (SSSR count). The van der Waals surface area contributed by atoms with Crippen molar-refractivity contribution in [3.63, 3.8) is 0 Å². The Morgan fingerprint density at radius 2 is 2.09 bits per heavy atom. The van der Waals surface area contributed by atoms with Crippen LogP contribution in [0.1, 0.15) is 32.3 Å². The van der Waals surface area contributed by atoms with Gasteiger partial charge in [-0.05, 0) is 31.5 Å². The number of fused-ring (bicyclic) bond motifs is 1. The molecule has 1 aliphatic heterocycles. The molecule has 122 valence electrons. The van der Waals surface area contributed by atoms with Gasteiger partial charge in [0.15, 0.2) is 0 Å². The molecule has 1 aromatic carbocycles. The summed E-state index contributed by atoms with van der Waals surface area (Å²) in [6.07, 6.45) is -2.97. The Kier molecular flexibility index (Phi) is 3.66. The highest BCUT2D eigenvalue weighted by Gasteiger charge is 2.33. The average molecular weight is 323 g/mol. The first-order chi connectivity index (χ1) is 10.8. The van der Waals surface area contributed by atoms with Crippen LogP contribution in [0.15, 0.2) is 34.2 Å². The number of pyridine rings is 1. The average Bonchev–Trinajstić information content (AvgIpc) is 2.86. The zero-order valence-corrected chi connectivity index (χ0v) is 12.7. The second-order valence-corrected chi connectivity index (χ2v) is 5.69. The lowest BCUT2D eigenvalue weighted by molar-refractivity contribution is -0.136. The van der Waals surface area contributed by atoms with Crippen molar-refractivity contribution in [2.45, 2.75) is 38.9 Å². The number of hydrogen-bond donors (Lipinski definition) is 1. The van der Waals surface area contributed by atoms with Crippen molar-refractivity contribution < 1.29 is 13.2 Å². The van der Waals surface area contributed by atoms with E-state index >= 15 is 0 Å². The van der Waals surface area contributed by atoms with E-state index in [2.05, 4.69) is 10.1 Å². The molecule has 1 atom stereocenters. The molecule has 23 heavy (non-hydrogen) atoms. The van der Waals surface area contributed by atoms with E-state index in [1.807, 2.05) is 13.8 Å². The van der Waals surface area contributed by atoms with Crippen molar-refractivity contribution >= 4 is 22.3 Å². The van der Waals surface area contributed by atoms with Crippen molar-refractivity contribution in [3.05, 3.63) is 40.2 Å². The number of H-pyrrole nitrogens is 1. The number of halogens is 3. The number of aromatic nitrogens is 1. The van der Waals surface area contributed by atoms with Gasteiger partial charge in [0.2, 0.25) is 5.56 Å². The van der Waals surface area contributed by atoms with Gasteiger partial charge in [-0.15, -0.1) is 0 Å². The number of anilines is 1. The van der Waals surface area contributed by atoms with Crippen molar-refractivity contribution in [1.82, 2.24) is 4.98 Å². The first kappa shape index (κ1) is 15.6. The maximum Gasteiger partial charge on any atom is 0.417 e. The smallest absolute Gasteiger partial charge is 0.322 e. The number of hydrazone groups is 1. The maximum atomic E-state index is 13.2. The molecule has 1 aliphatic rings. The maximum absolute atomic E-state index is 13.2. The highest BCUT2D eigenvalue weighted by atomic mass is 19.4. The Hall–Kier alpha value is -2.31. The van der Waals surface area contributed by atoms with Gasteiger partial charge in [0.25, 0.3) is 0 Å². The molecular weight excluding hydrogens is 307 g/mol. The summed E-state index contributed by atoms with van der Waals surface area (Å²) in [5, 5.41) is 6.18. The first-order valence-electron chi connectivity index (χ1n) is 7.39. The lowest BCUT2D eigenvalue weighted by Crippen LogP contribution is -2.23. The summed E-state index contributed by atoms with van der Waals surface area (Å²) in [5.74, 6) is 0. The predicted molar refractivity (Wildman–Crippen MR) is 83.9 cm³/mol. The Balaban J connectivity index is 2.17. The summed E-state index contributed by atoms with van der Waals surface area (Å²) in [7, 11) is 0. The van der Waals surface area contributed by atoms with Gasteiger partial charge < -0.3 is 4.98 Å². The molecule has 0 spiro atoms. The summed E-state index contributed by atoms with van der Waals surface area (Å²) in [6.45, 7) is 3.98. The van der Waals surface area contributed by atoms with Gasteiger partial charge in [-0.1, -0.05) is 6.92 Å². The van der Waals surface area contributed by atoms with E-state index in [0.29, 0.717) is 11.8 Å². The second kappa shape index (κ2) is 5.40. The molecule has 2 heterocycles. The van der Waals surface area contributed by atoms with E-state index in [0.717, 1.165) is 18.6 Å². The number of benzene rings is 1. The second-order valence-electron chi connectivity index (χ2n) is 5.69. The summed E-state index contributed by atoms with van der Waals surface area (Å²) in [6, 6.07) is 5.30. The fourth-order valence-electron chi connectivity index (χ4n) is 2.87. The van der Waals surface area contributed by atoms with Crippen molar-refractivity contribution in [3.8, 4) is 0 Å². The zero-order valence-electron chi connectivity index (χ0n) is 12.7. The van der Waals surface area contributed by atoms with E-state index in [-0.39, 0.29) is 16.9 Å².